The third-order valence-corrected chi connectivity index (χ3v) is 3.16. The predicted octanol–water partition coefficient (Wildman–Crippen LogP) is 1.32. The smallest absolute Gasteiger partial charge is 0.244 e. The fourth-order valence-corrected chi connectivity index (χ4v) is 2.36. The van der Waals surface area contributed by atoms with Crippen LogP contribution in [-0.2, 0) is 9.53 Å². The van der Waals surface area contributed by atoms with E-state index in [1.165, 1.54) is 0 Å². The highest BCUT2D eigenvalue weighted by Gasteiger charge is 2.29. The molecule has 0 spiro atoms. The molecule has 1 aromatic carbocycles. The zero-order valence-corrected chi connectivity index (χ0v) is 10.9. The van der Waals surface area contributed by atoms with Gasteiger partial charge in [-0.3, -0.25) is 4.79 Å². The van der Waals surface area contributed by atoms with Crippen LogP contribution in [0.25, 0.3) is 0 Å². The number of carbonyl (C=O) groups excluding carboxylic acids is 1. The second-order valence-electron chi connectivity index (χ2n) is 4.89. The minimum Gasteiger partial charge on any atom is -0.372 e. The molecular formula is C14H20N2O2. The first-order valence-electron chi connectivity index (χ1n) is 6.32. The van der Waals surface area contributed by atoms with Crippen LogP contribution >= 0.6 is 0 Å². The van der Waals surface area contributed by atoms with E-state index in [0.29, 0.717) is 13.1 Å². The Morgan fingerprint density at radius 3 is 2.39 bits per heavy atom. The number of amides is 1. The lowest BCUT2D eigenvalue weighted by Gasteiger charge is -2.36. The number of nitrogens with two attached hydrogens (primary N) is 1. The van der Waals surface area contributed by atoms with Crippen LogP contribution in [0, 0.1) is 0 Å². The first-order chi connectivity index (χ1) is 8.58. The lowest BCUT2D eigenvalue weighted by Crippen LogP contribution is -2.50. The van der Waals surface area contributed by atoms with Crippen molar-refractivity contribution in [2.24, 2.45) is 5.73 Å². The van der Waals surface area contributed by atoms with Gasteiger partial charge in [0.2, 0.25) is 5.91 Å². The molecule has 0 aromatic heterocycles. The number of nitrogens with zero attached hydrogens (tertiary/aromatic N) is 1. The van der Waals surface area contributed by atoms with Crippen molar-refractivity contribution in [3.8, 4) is 0 Å². The fraction of sp³-hybridized carbons (Fsp3) is 0.500. The fourth-order valence-electron chi connectivity index (χ4n) is 2.36. The summed E-state index contributed by atoms with van der Waals surface area (Å²) in [5, 5.41) is 0. The summed E-state index contributed by atoms with van der Waals surface area (Å²) in [7, 11) is 0. The summed E-state index contributed by atoms with van der Waals surface area (Å²) >= 11 is 0. The van der Waals surface area contributed by atoms with Gasteiger partial charge in [0.05, 0.1) is 12.2 Å². The first-order valence-corrected chi connectivity index (χ1v) is 6.32. The van der Waals surface area contributed by atoms with Crippen LogP contribution in [0.4, 0.5) is 0 Å². The van der Waals surface area contributed by atoms with Crippen LogP contribution in [0.15, 0.2) is 30.3 Å². The van der Waals surface area contributed by atoms with Crippen LogP contribution in [0.2, 0.25) is 0 Å². The molecule has 1 aromatic rings. The van der Waals surface area contributed by atoms with E-state index in [9.17, 15) is 4.79 Å². The Labute approximate surface area is 108 Å². The lowest BCUT2D eigenvalue weighted by molar-refractivity contribution is -0.144. The van der Waals surface area contributed by atoms with Crippen molar-refractivity contribution in [1.29, 1.82) is 0 Å². The number of morpholine rings is 1. The molecule has 4 heteroatoms. The summed E-state index contributed by atoms with van der Waals surface area (Å²) in [6, 6.07) is 8.90. The number of rotatable bonds is 2. The van der Waals surface area contributed by atoms with Gasteiger partial charge in [0.15, 0.2) is 0 Å². The highest BCUT2D eigenvalue weighted by molar-refractivity contribution is 5.83. The topological polar surface area (TPSA) is 55.6 Å². The largest absolute Gasteiger partial charge is 0.372 e. The summed E-state index contributed by atoms with van der Waals surface area (Å²) in [6.07, 6.45) is 0.140. The van der Waals surface area contributed by atoms with Gasteiger partial charge in [-0.2, -0.15) is 0 Å². The highest BCUT2D eigenvalue weighted by Crippen LogP contribution is 2.17. The Kier molecular flexibility index (Phi) is 3.99. The molecule has 1 aliphatic rings. The molecule has 1 amide bonds. The molecule has 0 radical (unpaired) electrons. The zero-order chi connectivity index (χ0) is 13.1. The van der Waals surface area contributed by atoms with E-state index in [2.05, 4.69) is 0 Å². The molecule has 3 atom stereocenters. The Morgan fingerprint density at radius 2 is 1.83 bits per heavy atom. The normalized spacial score (nSPS) is 25.8. The maximum absolute atomic E-state index is 12.3. The summed E-state index contributed by atoms with van der Waals surface area (Å²) in [5.41, 5.74) is 6.88. The van der Waals surface area contributed by atoms with E-state index < -0.39 is 6.04 Å². The van der Waals surface area contributed by atoms with E-state index in [4.69, 9.17) is 10.5 Å². The second-order valence-corrected chi connectivity index (χ2v) is 4.89. The second kappa shape index (κ2) is 5.50. The van der Waals surface area contributed by atoms with Gasteiger partial charge < -0.3 is 15.4 Å². The van der Waals surface area contributed by atoms with Crippen molar-refractivity contribution in [3.63, 3.8) is 0 Å². The molecule has 1 aliphatic heterocycles. The lowest BCUT2D eigenvalue weighted by atomic mass is 10.1. The van der Waals surface area contributed by atoms with Crippen LogP contribution in [0.1, 0.15) is 25.5 Å². The van der Waals surface area contributed by atoms with Crippen molar-refractivity contribution in [1.82, 2.24) is 4.90 Å². The van der Waals surface area contributed by atoms with E-state index in [1.54, 1.807) is 4.90 Å². The minimum atomic E-state index is -0.580. The van der Waals surface area contributed by atoms with Crippen molar-refractivity contribution in [2.75, 3.05) is 13.1 Å². The molecule has 2 N–H and O–H groups in total. The Hall–Kier alpha value is -1.39. The number of benzene rings is 1. The Balaban J connectivity index is 2.07. The van der Waals surface area contributed by atoms with E-state index in [0.717, 1.165) is 5.56 Å². The van der Waals surface area contributed by atoms with Gasteiger partial charge in [0, 0.05) is 13.1 Å². The molecule has 1 saturated heterocycles. The van der Waals surface area contributed by atoms with Gasteiger partial charge in [-0.05, 0) is 19.4 Å². The third-order valence-electron chi connectivity index (χ3n) is 3.16. The Morgan fingerprint density at radius 1 is 1.28 bits per heavy atom. The highest BCUT2D eigenvalue weighted by atomic mass is 16.5. The van der Waals surface area contributed by atoms with E-state index in [1.807, 2.05) is 44.2 Å². The van der Waals surface area contributed by atoms with E-state index in [-0.39, 0.29) is 18.1 Å². The Bertz CT molecular complexity index is 398. The molecule has 18 heavy (non-hydrogen) atoms. The standard InChI is InChI=1S/C14H20N2O2/c1-10-8-16(9-11(2)18-10)14(17)13(15)12-6-4-3-5-7-12/h3-7,10-11,13H,8-9,15H2,1-2H3/t10?,11?,13-/m0/s1. The minimum absolute atomic E-state index is 0.0248. The maximum Gasteiger partial charge on any atom is 0.244 e. The van der Waals surface area contributed by atoms with Crippen LogP contribution in [0.5, 0.6) is 0 Å². The molecule has 1 fully saturated rings. The molecule has 2 unspecified atom stereocenters. The zero-order valence-electron chi connectivity index (χ0n) is 10.9. The number of carbonyl (C=O) groups is 1. The average molecular weight is 248 g/mol. The van der Waals surface area contributed by atoms with Gasteiger partial charge in [-0.25, -0.2) is 0 Å². The molecule has 98 valence electrons. The van der Waals surface area contributed by atoms with Gasteiger partial charge in [-0.1, -0.05) is 30.3 Å². The van der Waals surface area contributed by atoms with Gasteiger partial charge in [0.25, 0.3) is 0 Å². The summed E-state index contributed by atoms with van der Waals surface area (Å²) < 4.78 is 5.62. The summed E-state index contributed by atoms with van der Waals surface area (Å²) in [5.74, 6) is -0.0248. The maximum atomic E-state index is 12.3. The predicted molar refractivity (Wildman–Crippen MR) is 70.0 cm³/mol. The molecule has 0 saturated carbocycles. The molecule has 1 heterocycles. The number of ether oxygens (including phenoxy) is 1. The molecule has 4 nitrogen and oxygen atoms in total. The summed E-state index contributed by atoms with van der Waals surface area (Å²) in [6.45, 7) is 5.18. The molecule has 0 bridgehead atoms. The monoisotopic (exact) mass is 248 g/mol. The van der Waals surface area contributed by atoms with Crippen molar-refractivity contribution >= 4 is 5.91 Å². The van der Waals surface area contributed by atoms with Crippen molar-refractivity contribution < 1.29 is 9.53 Å². The van der Waals surface area contributed by atoms with Crippen LogP contribution in [0.3, 0.4) is 0 Å². The third kappa shape index (κ3) is 2.89. The van der Waals surface area contributed by atoms with Crippen LogP contribution < -0.4 is 5.73 Å². The number of hydrogen-bond donors (Lipinski definition) is 1. The van der Waals surface area contributed by atoms with Crippen molar-refractivity contribution in [3.05, 3.63) is 35.9 Å². The number of hydrogen-bond acceptors (Lipinski definition) is 3. The summed E-state index contributed by atoms with van der Waals surface area (Å²) in [4.78, 5) is 14.1. The molecule has 0 aliphatic carbocycles. The molecule has 2 rings (SSSR count). The van der Waals surface area contributed by atoms with E-state index >= 15 is 0 Å². The molecular weight excluding hydrogens is 228 g/mol. The van der Waals surface area contributed by atoms with Gasteiger partial charge >= 0.3 is 0 Å². The van der Waals surface area contributed by atoms with Gasteiger partial charge in [-0.15, -0.1) is 0 Å². The first kappa shape index (κ1) is 13.1. The quantitative estimate of drug-likeness (QED) is 0.859. The van der Waals surface area contributed by atoms with Crippen molar-refractivity contribution in [2.45, 2.75) is 32.1 Å². The SMILES string of the molecule is CC1CN(C(=O)[C@@H](N)c2ccccc2)CC(C)O1. The van der Waals surface area contributed by atoms with Gasteiger partial charge in [0.1, 0.15) is 6.04 Å². The average Bonchev–Trinajstić information content (AvgIpc) is 2.37. The van der Waals surface area contributed by atoms with Crippen LogP contribution in [-0.4, -0.2) is 36.1 Å².